The fourth-order valence-electron chi connectivity index (χ4n) is 4.13. The Labute approximate surface area is 201 Å². The summed E-state index contributed by atoms with van der Waals surface area (Å²) < 4.78 is 10.5. The van der Waals surface area contributed by atoms with Gasteiger partial charge in [-0.2, -0.15) is 0 Å². The molecule has 0 bridgehead atoms. The molecule has 2 aliphatic heterocycles. The molecule has 1 aromatic heterocycles. The third-order valence-electron chi connectivity index (χ3n) is 6.18. The second-order valence-electron chi connectivity index (χ2n) is 8.17. The second kappa shape index (κ2) is 9.34. The Bertz CT molecular complexity index is 1110. The van der Waals surface area contributed by atoms with Crippen molar-refractivity contribution in [2.75, 3.05) is 46.9 Å². The molecule has 0 saturated carbocycles. The fourth-order valence-corrected chi connectivity index (χ4v) is 4.82. The van der Waals surface area contributed by atoms with E-state index in [0.717, 1.165) is 4.90 Å². The molecule has 34 heavy (non-hydrogen) atoms. The third kappa shape index (κ3) is 4.18. The van der Waals surface area contributed by atoms with Crippen molar-refractivity contribution in [3.63, 3.8) is 0 Å². The highest BCUT2D eigenvalue weighted by Gasteiger charge is 2.50. The number of hydrogen-bond donors (Lipinski definition) is 1. The minimum Gasteiger partial charge on any atom is -0.493 e. The Kier molecular flexibility index (Phi) is 6.47. The lowest BCUT2D eigenvalue weighted by Gasteiger charge is -2.35. The molecular formula is C23H26N4O6S. The van der Waals surface area contributed by atoms with Crippen molar-refractivity contribution < 1.29 is 28.7 Å². The van der Waals surface area contributed by atoms with E-state index >= 15 is 0 Å². The maximum Gasteiger partial charge on any atom is 0.325 e. The summed E-state index contributed by atoms with van der Waals surface area (Å²) in [7, 11) is 2.99. The molecule has 180 valence electrons. The van der Waals surface area contributed by atoms with Gasteiger partial charge < -0.3 is 24.6 Å². The van der Waals surface area contributed by atoms with Crippen LogP contribution in [-0.2, 0) is 15.1 Å². The summed E-state index contributed by atoms with van der Waals surface area (Å²) in [5, 5.41) is 4.55. The molecule has 0 spiro atoms. The lowest BCUT2D eigenvalue weighted by atomic mass is 9.91. The van der Waals surface area contributed by atoms with Crippen molar-refractivity contribution in [2.45, 2.75) is 12.5 Å². The predicted octanol–water partition coefficient (Wildman–Crippen LogP) is 1.52. The number of piperazine rings is 1. The molecule has 0 radical (unpaired) electrons. The van der Waals surface area contributed by atoms with Gasteiger partial charge in [-0.25, -0.2) is 4.79 Å². The van der Waals surface area contributed by atoms with Crippen LogP contribution in [0.25, 0.3) is 0 Å². The summed E-state index contributed by atoms with van der Waals surface area (Å²) in [6, 6.07) is 7.93. The number of nitrogens with zero attached hydrogens (tertiary/aromatic N) is 3. The third-order valence-corrected chi connectivity index (χ3v) is 7.04. The number of hydrogen-bond acceptors (Lipinski definition) is 7. The van der Waals surface area contributed by atoms with Crippen molar-refractivity contribution in [3.05, 3.63) is 46.2 Å². The van der Waals surface area contributed by atoms with Crippen LogP contribution in [0.15, 0.2) is 35.7 Å². The minimum absolute atomic E-state index is 0.0538. The van der Waals surface area contributed by atoms with E-state index in [0.29, 0.717) is 48.1 Å². The molecule has 1 unspecified atom stereocenters. The van der Waals surface area contributed by atoms with Gasteiger partial charge in [0.15, 0.2) is 11.5 Å². The van der Waals surface area contributed by atoms with Gasteiger partial charge in [-0.3, -0.25) is 19.3 Å². The van der Waals surface area contributed by atoms with Crippen LogP contribution in [0.5, 0.6) is 11.5 Å². The molecule has 10 nitrogen and oxygen atoms in total. The van der Waals surface area contributed by atoms with E-state index in [4.69, 9.17) is 9.47 Å². The smallest absolute Gasteiger partial charge is 0.325 e. The SMILES string of the molecule is COc1ccc(C2(C)NC(=O)N(CC(=O)N3CCN(C(=O)c4cccs4)CC3)C2=O)cc1OC. The van der Waals surface area contributed by atoms with Gasteiger partial charge in [0.1, 0.15) is 12.1 Å². The summed E-state index contributed by atoms with van der Waals surface area (Å²) in [6.45, 7) is 2.69. The summed E-state index contributed by atoms with van der Waals surface area (Å²) in [5.74, 6) is -0.00197. The predicted molar refractivity (Wildman–Crippen MR) is 124 cm³/mol. The summed E-state index contributed by atoms with van der Waals surface area (Å²) >= 11 is 1.38. The number of carbonyl (C=O) groups is 4. The summed E-state index contributed by atoms with van der Waals surface area (Å²) in [5.41, 5.74) is -0.831. The molecule has 5 amide bonds. The highest BCUT2D eigenvalue weighted by atomic mass is 32.1. The summed E-state index contributed by atoms with van der Waals surface area (Å²) in [6.07, 6.45) is 0. The molecule has 11 heteroatoms. The number of benzene rings is 1. The van der Waals surface area contributed by atoms with Crippen LogP contribution in [0.1, 0.15) is 22.2 Å². The van der Waals surface area contributed by atoms with Crippen molar-refractivity contribution >= 4 is 35.1 Å². The zero-order chi connectivity index (χ0) is 24.5. The first-order chi connectivity index (χ1) is 16.3. The molecule has 4 rings (SSSR count). The zero-order valence-corrected chi connectivity index (χ0v) is 20.0. The van der Waals surface area contributed by atoms with Crippen LogP contribution in [-0.4, -0.2) is 85.4 Å². The number of imide groups is 1. The fraction of sp³-hybridized carbons (Fsp3) is 0.391. The van der Waals surface area contributed by atoms with Gasteiger partial charge in [-0.15, -0.1) is 11.3 Å². The molecule has 1 aromatic carbocycles. The number of rotatable bonds is 6. The lowest BCUT2D eigenvalue weighted by molar-refractivity contribution is -0.139. The number of methoxy groups -OCH3 is 2. The van der Waals surface area contributed by atoms with E-state index in [-0.39, 0.29) is 18.4 Å². The van der Waals surface area contributed by atoms with Crippen LogP contribution >= 0.6 is 11.3 Å². The number of nitrogens with one attached hydrogen (secondary N) is 1. The minimum atomic E-state index is -1.34. The first-order valence-electron chi connectivity index (χ1n) is 10.8. The number of urea groups is 1. The van der Waals surface area contributed by atoms with Crippen LogP contribution in [0.4, 0.5) is 4.79 Å². The van der Waals surface area contributed by atoms with Crippen LogP contribution in [0.3, 0.4) is 0 Å². The van der Waals surface area contributed by atoms with E-state index in [1.165, 1.54) is 25.6 Å². The van der Waals surface area contributed by atoms with Gasteiger partial charge in [-0.1, -0.05) is 12.1 Å². The molecule has 2 saturated heterocycles. The van der Waals surface area contributed by atoms with Crippen molar-refractivity contribution in [1.82, 2.24) is 20.0 Å². The van der Waals surface area contributed by atoms with Gasteiger partial charge in [-0.05, 0) is 36.1 Å². The monoisotopic (exact) mass is 486 g/mol. The van der Waals surface area contributed by atoms with Crippen LogP contribution in [0.2, 0.25) is 0 Å². The zero-order valence-electron chi connectivity index (χ0n) is 19.2. The number of carbonyl (C=O) groups excluding carboxylic acids is 4. The van der Waals surface area contributed by atoms with Gasteiger partial charge in [0, 0.05) is 26.2 Å². The van der Waals surface area contributed by atoms with E-state index in [1.54, 1.807) is 41.0 Å². The van der Waals surface area contributed by atoms with Crippen LogP contribution < -0.4 is 14.8 Å². The highest BCUT2D eigenvalue weighted by Crippen LogP contribution is 2.35. The van der Waals surface area contributed by atoms with Gasteiger partial charge in [0.25, 0.3) is 11.8 Å². The number of thiophene rings is 1. The second-order valence-corrected chi connectivity index (χ2v) is 9.11. The molecule has 2 fully saturated rings. The Morgan fingerprint density at radius 3 is 2.32 bits per heavy atom. The van der Waals surface area contributed by atoms with Crippen LogP contribution in [0, 0.1) is 0 Å². The average Bonchev–Trinajstić information content (AvgIpc) is 3.47. The average molecular weight is 487 g/mol. The first-order valence-corrected chi connectivity index (χ1v) is 11.6. The maximum absolute atomic E-state index is 13.2. The Balaban J connectivity index is 1.41. The van der Waals surface area contributed by atoms with E-state index < -0.39 is 17.5 Å². The van der Waals surface area contributed by atoms with E-state index in [1.807, 2.05) is 11.4 Å². The van der Waals surface area contributed by atoms with E-state index in [9.17, 15) is 19.2 Å². The maximum atomic E-state index is 13.2. The molecular weight excluding hydrogens is 460 g/mol. The standard InChI is InChI=1S/C23H26N4O6S/c1-23(15-6-7-16(32-2)17(13-15)33-3)21(30)27(22(31)24-23)14-19(28)25-8-10-26(11-9-25)20(29)18-5-4-12-34-18/h4-7,12-13H,8-11,14H2,1-3H3,(H,24,31). The topological polar surface area (TPSA) is 108 Å². The van der Waals surface area contributed by atoms with Crippen molar-refractivity contribution in [3.8, 4) is 11.5 Å². The Morgan fingerprint density at radius 1 is 1.03 bits per heavy atom. The largest absolute Gasteiger partial charge is 0.493 e. The quantitative estimate of drug-likeness (QED) is 0.621. The van der Waals surface area contributed by atoms with Crippen molar-refractivity contribution in [2.24, 2.45) is 0 Å². The molecule has 3 heterocycles. The van der Waals surface area contributed by atoms with Gasteiger partial charge >= 0.3 is 6.03 Å². The molecule has 1 atom stereocenters. The Morgan fingerprint density at radius 2 is 1.71 bits per heavy atom. The lowest BCUT2D eigenvalue weighted by Crippen LogP contribution is -2.53. The van der Waals surface area contributed by atoms with E-state index in [2.05, 4.69) is 5.32 Å². The number of ether oxygens (including phenoxy) is 2. The summed E-state index contributed by atoms with van der Waals surface area (Å²) in [4.78, 5) is 56.2. The number of amides is 5. The molecule has 0 aliphatic carbocycles. The highest BCUT2D eigenvalue weighted by molar-refractivity contribution is 7.12. The van der Waals surface area contributed by atoms with Crippen molar-refractivity contribution in [1.29, 1.82) is 0 Å². The van der Waals surface area contributed by atoms with Gasteiger partial charge in [0.2, 0.25) is 5.91 Å². The molecule has 1 N–H and O–H groups in total. The first kappa shape index (κ1) is 23.6. The van der Waals surface area contributed by atoms with Gasteiger partial charge in [0.05, 0.1) is 19.1 Å². The normalized spacial score (nSPS) is 20.4. The molecule has 2 aliphatic rings. The molecule has 2 aromatic rings. The Hall–Kier alpha value is -3.60.